The maximum Gasteiger partial charge on any atom is 0.338 e. The maximum absolute atomic E-state index is 14.1. The Hall–Kier alpha value is -4.99. The summed E-state index contributed by atoms with van der Waals surface area (Å²) in [7, 11) is 1.34. The zero-order chi connectivity index (χ0) is 31.7. The number of methoxy groups -OCH3 is 1. The lowest BCUT2D eigenvalue weighted by molar-refractivity contribution is -0.138. The van der Waals surface area contributed by atoms with Gasteiger partial charge >= 0.3 is 11.9 Å². The van der Waals surface area contributed by atoms with Crippen molar-refractivity contribution < 1.29 is 23.5 Å². The van der Waals surface area contributed by atoms with Crippen LogP contribution in [0.15, 0.2) is 105 Å². The Morgan fingerprint density at radius 1 is 1.02 bits per heavy atom. The molecule has 0 N–H and O–H groups in total. The zero-order valence-electron chi connectivity index (χ0n) is 24.6. The summed E-state index contributed by atoms with van der Waals surface area (Å²) < 4.78 is 18.4. The average molecular weight is 639 g/mol. The number of aryl methyl sites for hydroxylation is 1. The molecule has 1 aliphatic heterocycles. The first-order valence-corrected chi connectivity index (χ1v) is 15.3. The van der Waals surface area contributed by atoms with Crippen LogP contribution in [0.3, 0.4) is 0 Å². The van der Waals surface area contributed by atoms with E-state index in [1.54, 1.807) is 61.5 Å². The van der Waals surface area contributed by atoms with E-state index in [0.717, 1.165) is 16.7 Å². The number of furan rings is 1. The predicted octanol–water partition coefficient (Wildman–Crippen LogP) is 5.94. The SMILES string of the molecule is CCOC(=O)C1=C(c2ccccc2)N=c2s/c(=C/c3ccc(-c4ccc(C(=O)OC)cc4C)o3)c(=O)n2[C@@H]1c1ccc(Cl)cc1. The largest absolute Gasteiger partial charge is 0.465 e. The van der Waals surface area contributed by atoms with Crippen LogP contribution in [0.5, 0.6) is 0 Å². The molecule has 0 aliphatic carbocycles. The van der Waals surface area contributed by atoms with E-state index in [9.17, 15) is 14.4 Å². The minimum Gasteiger partial charge on any atom is -0.465 e. The normalized spacial score (nSPS) is 14.6. The maximum atomic E-state index is 14.1. The molecule has 2 aromatic heterocycles. The molecule has 0 bridgehead atoms. The molecule has 0 fully saturated rings. The standard InChI is InChI=1S/C35H27ClN2O6S/c1-4-43-34(41)29-30(21-8-6-5-7-9-21)37-35-38(31(29)22-10-13-24(36)14-11-22)32(39)28(45-35)19-25-15-17-27(44-25)26-16-12-23(18-20(26)2)33(40)42-3/h5-19,31H,4H2,1-3H3/b28-19+/t31-/m1/s1. The highest BCUT2D eigenvalue weighted by Crippen LogP contribution is 2.35. The summed E-state index contributed by atoms with van der Waals surface area (Å²) in [6.45, 7) is 3.78. The highest BCUT2D eigenvalue weighted by atomic mass is 35.5. The number of esters is 2. The number of fused-ring (bicyclic) bond motifs is 1. The monoisotopic (exact) mass is 638 g/mol. The second-order valence-corrected chi connectivity index (χ2v) is 11.7. The molecule has 0 spiro atoms. The number of rotatable bonds is 7. The molecule has 0 radical (unpaired) electrons. The van der Waals surface area contributed by atoms with Gasteiger partial charge < -0.3 is 13.9 Å². The van der Waals surface area contributed by atoms with Crippen molar-refractivity contribution in [1.82, 2.24) is 4.57 Å². The highest BCUT2D eigenvalue weighted by Gasteiger charge is 2.35. The van der Waals surface area contributed by atoms with Gasteiger partial charge in [0.15, 0.2) is 4.80 Å². The van der Waals surface area contributed by atoms with Crippen molar-refractivity contribution in [1.29, 1.82) is 0 Å². The lowest BCUT2D eigenvalue weighted by atomic mass is 9.93. The van der Waals surface area contributed by atoms with Gasteiger partial charge in [-0.25, -0.2) is 14.6 Å². The Kier molecular flexibility index (Phi) is 8.38. The van der Waals surface area contributed by atoms with Gasteiger partial charge in [0.1, 0.15) is 11.5 Å². The average Bonchev–Trinajstić information content (AvgIpc) is 3.64. The third-order valence-electron chi connectivity index (χ3n) is 7.37. The smallest absolute Gasteiger partial charge is 0.338 e. The number of carbonyl (C=O) groups is 2. The molecule has 0 saturated carbocycles. The number of carbonyl (C=O) groups excluding carboxylic acids is 2. The van der Waals surface area contributed by atoms with E-state index in [2.05, 4.69) is 0 Å². The molecule has 3 heterocycles. The Balaban J connectivity index is 1.51. The van der Waals surface area contributed by atoms with Gasteiger partial charge in [-0.3, -0.25) is 9.36 Å². The number of hydrogen-bond donors (Lipinski definition) is 0. The minimum atomic E-state index is -0.807. The Labute approximate surface area is 267 Å². The number of halogens is 1. The molecule has 0 saturated heterocycles. The van der Waals surface area contributed by atoms with E-state index in [-0.39, 0.29) is 17.7 Å². The van der Waals surface area contributed by atoms with Crippen LogP contribution >= 0.6 is 22.9 Å². The summed E-state index contributed by atoms with van der Waals surface area (Å²) in [5.74, 6) is 0.0674. The molecule has 45 heavy (non-hydrogen) atoms. The van der Waals surface area contributed by atoms with Crippen LogP contribution in [-0.4, -0.2) is 30.2 Å². The van der Waals surface area contributed by atoms with Crippen LogP contribution in [0.25, 0.3) is 23.1 Å². The van der Waals surface area contributed by atoms with E-state index < -0.39 is 18.0 Å². The van der Waals surface area contributed by atoms with Gasteiger partial charge in [0, 0.05) is 22.2 Å². The van der Waals surface area contributed by atoms with Gasteiger partial charge in [0.2, 0.25) is 0 Å². The fraction of sp³-hybridized carbons (Fsp3) is 0.143. The van der Waals surface area contributed by atoms with E-state index in [4.69, 9.17) is 30.5 Å². The van der Waals surface area contributed by atoms with E-state index >= 15 is 0 Å². The number of benzene rings is 3. The fourth-order valence-electron chi connectivity index (χ4n) is 5.29. The number of thiazole rings is 1. The molecule has 10 heteroatoms. The number of hydrogen-bond acceptors (Lipinski definition) is 8. The summed E-state index contributed by atoms with van der Waals surface area (Å²) in [6.07, 6.45) is 1.67. The first-order chi connectivity index (χ1) is 21.8. The first-order valence-electron chi connectivity index (χ1n) is 14.1. The molecule has 0 unspecified atom stereocenters. The Morgan fingerprint density at radius 3 is 2.47 bits per heavy atom. The van der Waals surface area contributed by atoms with Crippen LogP contribution in [0.1, 0.15) is 45.8 Å². The van der Waals surface area contributed by atoms with Crippen LogP contribution < -0.4 is 14.9 Å². The third-order valence-corrected chi connectivity index (χ3v) is 8.61. The van der Waals surface area contributed by atoms with E-state index in [1.165, 1.54) is 23.0 Å². The summed E-state index contributed by atoms with van der Waals surface area (Å²) >= 11 is 7.41. The molecule has 6 rings (SSSR count). The summed E-state index contributed by atoms with van der Waals surface area (Å²) in [4.78, 5) is 44.9. The van der Waals surface area contributed by atoms with E-state index in [0.29, 0.717) is 42.7 Å². The molecule has 3 aromatic carbocycles. The van der Waals surface area contributed by atoms with Crippen molar-refractivity contribution in [3.05, 3.63) is 143 Å². The van der Waals surface area contributed by atoms with Gasteiger partial charge in [-0.15, -0.1) is 0 Å². The van der Waals surface area contributed by atoms with Gasteiger partial charge in [-0.05, 0) is 61.4 Å². The lowest BCUT2D eigenvalue weighted by Gasteiger charge is -2.25. The molecular formula is C35H27ClN2O6S. The second-order valence-electron chi connectivity index (χ2n) is 10.2. The topological polar surface area (TPSA) is 100 Å². The molecule has 5 aromatic rings. The van der Waals surface area contributed by atoms with Crippen LogP contribution in [0.4, 0.5) is 0 Å². The first kappa shape index (κ1) is 30.1. The lowest BCUT2D eigenvalue weighted by Crippen LogP contribution is -2.39. The number of ether oxygens (including phenoxy) is 2. The van der Waals surface area contributed by atoms with E-state index in [1.807, 2.05) is 43.3 Å². The van der Waals surface area contributed by atoms with Crippen molar-refractivity contribution >= 4 is 46.6 Å². The van der Waals surface area contributed by atoms with Crippen molar-refractivity contribution in [3.8, 4) is 11.3 Å². The van der Waals surface area contributed by atoms with Gasteiger partial charge in [-0.1, -0.05) is 71.5 Å². The van der Waals surface area contributed by atoms with Crippen molar-refractivity contribution in [2.75, 3.05) is 13.7 Å². The van der Waals surface area contributed by atoms with Crippen LogP contribution in [-0.2, 0) is 14.3 Å². The quantitative estimate of drug-likeness (QED) is 0.205. The Morgan fingerprint density at radius 2 is 1.78 bits per heavy atom. The summed E-state index contributed by atoms with van der Waals surface area (Å²) in [5, 5.41) is 0.528. The molecule has 8 nitrogen and oxygen atoms in total. The zero-order valence-corrected chi connectivity index (χ0v) is 26.1. The molecular weight excluding hydrogens is 612 g/mol. The Bertz CT molecular complexity index is 2140. The molecule has 1 aliphatic rings. The van der Waals surface area contributed by atoms with Crippen LogP contribution in [0.2, 0.25) is 5.02 Å². The molecule has 0 amide bonds. The van der Waals surface area contributed by atoms with Crippen molar-refractivity contribution in [3.63, 3.8) is 0 Å². The second kappa shape index (κ2) is 12.6. The van der Waals surface area contributed by atoms with Crippen molar-refractivity contribution in [2.24, 2.45) is 4.99 Å². The van der Waals surface area contributed by atoms with Crippen LogP contribution in [0, 0.1) is 6.92 Å². The minimum absolute atomic E-state index is 0.161. The predicted molar refractivity (Wildman–Crippen MR) is 173 cm³/mol. The highest BCUT2D eigenvalue weighted by molar-refractivity contribution is 7.07. The van der Waals surface area contributed by atoms with Crippen molar-refractivity contribution in [2.45, 2.75) is 19.9 Å². The summed E-state index contributed by atoms with van der Waals surface area (Å²) in [5.41, 5.74) is 3.86. The third kappa shape index (κ3) is 5.80. The van der Waals surface area contributed by atoms with Gasteiger partial charge in [0.05, 0.1) is 41.1 Å². The van der Waals surface area contributed by atoms with Gasteiger partial charge in [-0.2, -0.15) is 0 Å². The molecule has 226 valence electrons. The summed E-state index contributed by atoms with van der Waals surface area (Å²) in [6, 6.07) is 24.4. The number of nitrogens with zero attached hydrogens (tertiary/aromatic N) is 2. The fourth-order valence-corrected chi connectivity index (χ4v) is 6.40. The van der Waals surface area contributed by atoms with Gasteiger partial charge in [0.25, 0.3) is 5.56 Å². The molecule has 1 atom stereocenters. The number of aromatic nitrogens is 1.